The van der Waals surface area contributed by atoms with Crippen LogP contribution in [-0.2, 0) is 6.54 Å². The predicted octanol–water partition coefficient (Wildman–Crippen LogP) is 2.82. The van der Waals surface area contributed by atoms with Gasteiger partial charge in [-0.05, 0) is 44.4 Å². The molecule has 0 spiro atoms. The zero-order valence-corrected chi connectivity index (χ0v) is 14.0. The van der Waals surface area contributed by atoms with E-state index >= 15 is 0 Å². The van der Waals surface area contributed by atoms with Crippen molar-refractivity contribution in [2.45, 2.75) is 58.8 Å². The molecule has 1 aromatic rings. The van der Waals surface area contributed by atoms with Crippen LogP contribution in [0, 0.1) is 0 Å². The van der Waals surface area contributed by atoms with Crippen molar-refractivity contribution in [1.82, 2.24) is 10.6 Å². The van der Waals surface area contributed by atoms with Crippen LogP contribution in [0.3, 0.4) is 0 Å². The lowest BCUT2D eigenvalue weighted by atomic mass is 9.98. The summed E-state index contributed by atoms with van der Waals surface area (Å²) in [5.41, 5.74) is 0.167. The van der Waals surface area contributed by atoms with Crippen LogP contribution in [0.15, 0.2) is 24.3 Å². The minimum atomic E-state index is -0.826. The highest BCUT2D eigenvalue weighted by atomic mass is 16.5. The van der Waals surface area contributed by atoms with E-state index in [1.54, 1.807) is 0 Å². The summed E-state index contributed by atoms with van der Waals surface area (Å²) >= 11 is 0. The fourth-order valence-corrected chi connectivity index (χ4v) is 1.95. The van der Waals surface area contributed by atoms with Gasteiger partial charge in [-0.1, -0.05) is 26.0 Å². The first-order valence-electron chi connectivity index (χ1n) is 7.88. The van der Waals surface area contributed by atoms with E-state index in [1.807, 2.05) is 52.0 Å². The van der Waals surface area contributed by atoms with Crippen molar-refractivity contribution in [1.29, 1.82) is 0 Å². The van der Waals surface area contributed by atoms with Gasteiger partial charge in [-0.15, -0.1) is 0 Å². The first-order valence-corrected chi connectivity index (χ1v) is 7.88. The molecule has 2 amide bonds. The molecule has 5 heteroatoms. The summed E-state index contributed by atoms with van der Waals surface area (Å²) in [6.07, 6.45) is 1.37. The summed E-state index contributed by atoms with van der Waals surface area (Å²) in [4.78, 5) is 11.7. The summed E-state index contributed by atoms with van der Waals surface area (Å²) in [5.74, 6) is 0.819. The van der Waals surface area contributed by atoms with Crippen molar-refractivity contribution in [2.75, 3.05) is 6.54 Å². The summed E-state index contributed by atoms with van der Waals surface area (Å²) < 4.78 is 5.57. The smallest absolute Gasteiger partial charge is 0.315 e. The highest BCUT2D eigenvalue weighted by molar-refractivity contribution is 5.73. The number of ether oxygens (including phenoxy) is 1. The Labute approximate surface area is 133 Å². The van der Waals surface area contributed by atoms with Gasteiger partial charge in [0, 0.05) is 13.1 Å². The maximum Gasteiger partial charge on any atom is 0.315 e. The molecule has 0 radical (unpaired) electrons. The molecule has 0 aromatic heterocycles. The molecule has 0 saturated heterocycles. The van der Waals surface area contributed by atoms with Gasteiger partial charge in [0.15, 0.2) is 0 Å². The van der Waals surface area contributed by atoms with Crippen LogP contribution in [0.1, 0.15) is 46.1 Å². The summed E-state index contributed by atoms with van der Waals surface area (Å²) in [6, 6.07) is 7.35. The van der Waals surface area contributed by atoms with E-state index in [0.717, 1.165) is 11.3 Å². The van der Waals surface area contributed by atoms with Gasteiger partial charge in [0.1, 0.15) is 5.75 Å². The highest BCUT2D eigenvalue weighted by Crippen LogP contribution is 2.14. The van der Waals surface area contributed by atoms with Crippen molar-refractivity contribution >= 4 is 6.03 Å². The minimum Gasteiger partial charge on any atom is -0.491 e. The lowest BCUT2D eigenvalue weighted by Gasteiger charge is -2.25. The number of urea groups is 1. The molecule has 22 heavy (non-hydrogen) atoms. The van der Waals surface area contributed by atoms with E-state index in [1.165, 1.54) is 0 Å². The second-order valence-corrected chi connectivity index (χ2v) is 5.78. The lowest BCUT2D eigenvalue weighted by Crippen LogP contribution is -2.45. The minimum absolute atomic E-state index is 0.144. The zero-order valence-electron chi connectivity index (χ0n) is 14.0. The Kier molecular flexibility index (Phi) is 7.18. The van der Waals surface area contributed by atoms with Gasteiger partial charge in [0.25, 0.3) is 0 Å². The van der Waals surface area contributed by atoms with E-state index in [0.29, 0.717) is 19.4 Å². The average Bonchev–Trinajstić information content (AvgIpc) is 2.51. The van der Waals surface area contributed by atoms with Gasteiger partial charge in [-0.2, -0.15) is 0 Å². The molecule has 0 fully saturated rings. The highest BCUT2D eigenvalue weighted by Gasteiger charge is 2.22. The number of rotatable bonds is 8. The molecule has 0 aliphatic carbocycles. The number of carbonyl (C=O) groups excluding carboxylic acids is 1. The number of aliphatic hydroxyl groups is 1. The maximum absolute atomic E-state index is 11.7. The van der Waals surface area contributed by atoms with Crippen LogP contribution in [0.2, 0.25) is 0 Å². The van der Waals surface area contributed by atoms with E-state index < -0.39 is 5.60 Å². The standard InChI is InChI=1S/C17H28N2O3/c1-5-17(21,6-2)12-19-16(20)18-11-14-7-9-15(10-8-14)22-13(3)4/h7-10,13,21H,5-6,11-12H2,1-4H3,(H2,18,19,20). The second-order valence-electron chi connectivity index (χ2n) is 5.78. The van der Waals surface area contributed by atoms with Gasteiger partial charge >= 0.3 is 6.03 Å². The molecule has 0 unspecified atom stereocenters. The number of amides is 2. The second kappa shape index (κ2) is 8.63. The fourth-order valence-electron chi connectivity index (χ4n) is 1.95. The third kappa shape index (κ3) is 6.35. The Morgan fingerprint density at radius 1 is 1.18 bits per heavy atom. The maximum atomic E-state index is 11.7. The van der Waals surface area contributed by atoms with E-state index in [-0.39, 0.29) is 18.7 Å². The molecule has 1 aromatic carbocycles. The summed E-state index contributed by atoms with van der Waals surface area (Å²) in [6.45, 7) is 8.46. The zero-order chi connectivity index (χ0) is 16.6. The monoisotopic (exact) mass is 308 g/mol. The Balaban J connectivity index is 2.38. The number of hydrogen-bond acceptors (Lipinski definition) is 3. The quantitative estimate of drug-likeness (QED) is 0.691. The number of carbonyl (C=O) groups is 1. The van der Waals surface area contributed by atoms with Crippen LogP contribution in [0.25, 0.3) is 0 Å². The van der Waals surface area contributed by atoms with Crippen LogP contribution in [0.5, 0.6) is 5.75 Å². The Morgan fingerprint density at radius 3 is 2.27 bits per heavy atom. The summed E-state index contributed by atoms with van der Waals surface area (Å²) in [7, 11) is 0. The lowest BCUT2D eigenvalue weighted by molar-refractivity contribution is 0.0349. The van der Waals surface area contributed by atoms with Crippen LogP contribution in [-0.4, -0.2) is 29.4 Å². The largest absolute Gasteiger partial charge is 0.491 e. The molecule has 0 heterocycles. The topological polar surface area (TPSA) is 70.6 Å². The SMILES string of the molecule is CCC(O)(CC)CNC(=O)NCc1ccc(OC(C)C)cc1. The third-order valence-electron chi connectivity index (χ3n) is 3.64. The van der Waals surface area contributed by atoms with Gasteiger partial charge < -0.3 is 20.5 Å². The van der Waals surface area contributed by atoms with Crippen molar-refractivity contribution in [3.8, 4) is 5.75 Å². The number of nitrogens with one attached hydrogen (secondary N) is 2. The average molecular weight is 308 g/mol. The molecule has 3 N–H and O–H groups in total. The Hall–Kier alpha value is -1.75. The molecule has 0 atom stereocenters. The number of hydrogen-bond donors (Lipinski definition) is 3. The van der Waals surface area contributed by atoms with E-state index in [4.69, 9.17) is 4.74 Å². The van der Waals surface area contributed by atoms with Gasteiger partial charge in [0.2, 0.25) is 0 Å². The third-order valence-corrected chi connectivity index (χ3v) is 3.64. The van der Waals surface area contributed by atoms with E-state index in [9.17, 15) is 9.90 Å². The van der Waals surface area contributed by atoms with Crippen LogP contribution < -0.4 is 15.4 Å². The first kappa shape index (κ1) is 18.3. The molecular weight excluding hydrogens is 280 g/mol. The van der Waals surface area contributed by atoms with Crippen LogP contribution >= 0.6 is 0 Å². The van der Waals surface area contributed by atoms with Gasteiger partial charge in [-0.25, -0.2) is 4.79 Å². The van der Waals surface area contributed by atoms with Crippen LogP contribution in [0.4, 0.5) is 4.79 Å². The van der Waals surface area contributed by atoms with Crippen molar-refractivity contribution in [2.24, 2.45) is 0 Å². The Bertz CT molecular complexity index is 453. The molecule has 124 valence electrons. The molecule has 0 bridgehead atoms. The van der Waals surface area contributed by atoms with E-state index in [2.05, 4.69) is 10.6 Å². The molecule has 0 aliphatic rings. The molecule has 5 nitrogen and oxygen atoms in total. The Morgan fingerprint density at radius 2 is 1.77 bits per heavy atom. The summed E-state index contributed by atoms with van der Waals surface area (Å²) in [5, 5.41) is 15.6. The fraction of sp³-hybridized carbons (Fsp3) is 0.588. The number of benzene rings is 1. The molecule has 1 rings (SSSR count). The predicted molar refractivity (Wildman–Crippen MR) is 88.0 cm³/mol. The van der Waals surface area contributed by atoms with Gasteiger partial charge in [0.05, 0.1) is 11.7 Å². The first-order chi connectivity index (χ1) is 10.4. The van der Waals surface area contributed by atoms with Gasteiger partial charge in [-0.3, -0.25) is 0 Å². The van der Waals surface area contributed by atoms with Crippen molar-refractivity contribution in [3.05, 3.63) is 29.8 Å². The van der Waals surface area contributed by atoms with Crippen molar-refractivity contribution < 1.29 is 14.6 Å². The normalized spacial score (nSPS) is 11.4. The molecule has 0 saturated carbocycles. The van der Waals surface area contributed by atoms with Crippen molar-refractivity contribution in [3.63, 3.8) is 0 Å². The molecule has 0 aliphatic heterocycles. The molecular formula is C17H28N2O3.